The van der Waals surface area contributed by atoms with Gasteiger partial charge in [0.25, 0.3) is 0 Å². The molecule has 0 atom stereocenters. The quantitative estimate of drug-likeness (QED) is 0.241. The van der Waals surface area contributed by atoms with E-state index < -0.39 is 23.9 Å². The number of hydrogen-bond donors (Lipinski definition) is 4. The van der Waals surface area contributed by atoms with Gasteiger partial charge < -0.3 is 20.4 Å². The first-order chi connectivity index (χ1) is 15.2. The summed E-state index contributed by atoms with van der Waals surface area (Å²) < 4.78 is 0. The molecule has 0 unspecified atom stereocenters. The second kappa shape index (κ2) is 6.39. The van der Waals surface area contributed by atoms with E-state index in [4.69, 9.17) is 0 Å². The highest BCUT2D eigenvalue weighted by Gasteiger charge is 2.25. The lowest BCUT2D eigenvalue weighted by atomic mass is 9.84. The maximum absolute atomic E-state index is 12.1. The SMILES string of the molecule is O=C(O)c1ccc2c3ccc(C(=O)O)c4c(C(=O)O)ccc(c5c(C(=O)O)ccc1c25)c43. The van der Waals surface area contributed by atoms with Crippen LogP contribution in [0.2, 0.25) is 0 Å². The van der Waals surface area contributed by atoms with Gasteiger partial charge in [-0.15, -0.1) is 0 Å². The van der Waals surface area contributed by atoms with Gasteiger partial charge in [-0.1, -0.05) is 24.3 Å². The van der Waals surface area contributed by atoms with Gasteiger partial charge in [-0.2, -0.15) is 0 Å². The largest absolute Gasteiger partial charge is 0.478 e. The molecule has 156 valence electrons. The normalized spacial score (nSPS) is 11.5. The van der Waals surface area contributed by atoms with Crippen molar-refractivity contribution in [1.82, 2.24) is 0 Å². The molecule has 8 heteroatoms. The molecule has 4 N–H and O–H groups in total. The van der Waals surface area contributed by atoms with E-state index in [9.17, 15) is 39.6 Å². The number of fused-ring (bicyclic) bond motifs is 2. The van der Waals surface area contributed by atoms with E-state index in [1.807, 2.05) is 0 Å². The fourth-order valence-corrected chi connectivity index (χ4v) is 4.60. The summed E-state index contributed by atoms with van der Waals surface area (Å²) in [6, 6.07) is 11.2. The molecular formula is C24H12O8. The molecule has 0 spiro atoms. The molecule has 0 fully saturated rings. The molecule has 0 aliphatic rings. The molecule has 0 aromatic heterocycles. The van der Waals surface area contributed by atoms with E-state index >= 15 is 0 Å². The van der Waals surface area contributed by atoms with Crippen molar-refractivity contribution in [2.75, 3.05) is 0 Å². The Balaban J connectivity index is 2.21. The van der Waals surface area contributed by atoms with Crippen LogP contribution in [-0.2, 0) is 0 Å². The standard InChI is InChI=1S/C24H12O8/c25-21(26)12-4-1-9-10-2-6-15(23(29)30)20-16(24(31)32)8-5-13(18(10)20)19-14(22(27)28)7-3-11(12)17(9)19/h1-8H,(H,25,26)(H,27,28)(H,29,30)(H,31,32). The Kier molecular flexibility index (Phi) is 3.84. The molecule has 0 saturated heterocycles. The highest BCUT2D eigenvalue weighted by atomic mass is 16.4. The summed E-state index contributed by atoms with van der Waals surface area (Å²) in [5.74, 6) is -5.06. The highest BCUT2D eigenvalue weighted by Crippen LogP contribution is 2.44. The van der Waals surface area contributed by atoms with Crippen molar-refractivity contribution in [2.45, 2.75) is 0 Å². The van der Waals surface area contributed by atoms with E-state index in [1.165, 1.54) is 48.5 Å². The van der Waals surface area contributed by atoms with Crippen LogP contribution in [0.3, 0.4) is 0 Å². The Morgan fingerprint density at radius 3 is 1.19 bits per heavy atom. The highest BCUT2D eigenvalue weighted by molar-refractivity contribution is 6.38. The Bertz CT molecular complexity index is 1650. The maximum atomic E-state index is 12.1. The molecule has 5 aromatic carbocycles. The summed E-state index contributed by atoms with van der Waals surface area (Å²) in [6.07, 6.45) is 0. The van der Waals surface area contributed by atoms with Crippen molar-refractivity contribution in [3.8, 4) is 0 Å². The van der Waals surface area contributed by atoms with Crippen LogP contribution >= 0.6 is 0 Å². The van der Waals surface area contributed by atoms with Gasteiger partial charge in [-0.05, 0) is 56.6 Å². The Morgan fingerprint density at radius 2 is 0.719 bits per heavy atom. The van der Waals surface area contributed by atoms with Crippen LogP contribution in [-0.4, -0.2) is 44.3 Å². The first-order valence-corrected chi connectivity index (χ1v) is 9.35. The van der Waals surface area contributed by atoms with Crippen molar-refractivity contribution in [3.63, 3.8) is 0 Å². The topological polar surface area (TPSA) is 149 Å². The van der Waals surface area contributed by atoms with Gasteiger partial charge >= 0.3 is 23.9 Å². The average Bonchev–Trinajstić information content (AvgIpc) is 2.75. The second-order valence-electron chi connectivity index (χ2n) is 7.36. The third-order valence-electron chi connectivity index (χ3n) is 5.82. The van der Waals surface area contributed by atoms with E-state index in [1.54, 1.807) is 0 Å². The first kappa shape index (κ1) is 19.3. The summed E-state index contributed by atoms with van der Waals surface area (Å²) in [4.78, 5) is 47.6. The van der Waals surface area contributed by atoms with Gasteiger partial charge in [0.15, 0.2) is 0 Å². The molecule has 0 aliphatic heterocycles. The zero-order valence-electron chi connectivity index (χ0n) is 16.0. The van der Waals surface area contributed by atoms with Crippen molar-refractivity contribution < 1.29 is 39.6 Å². The number of benzene rings is 5. The number of hydrogen-bond acceptors (Lipinski definition) is 4. The molecular weight excluding hydrogens is 416 g/mol. The monoisotopic (exact) mass is 428 g/mol. The van der Waals surface area contributed by atoms with Crippen LogP contribution < -0.4 is 0 Å². The van der Waals surface area contributed by atoms with Crippen molar-refractivity contribution in [2.24, 2.45) is 0 Å². The van der Waals surface area contributed by atoms with Crippen LogP contribution in [0.15, 0.2) is 48.5 Å². The van der Waals surface area contributed by atoms with Crippen LogP contribution in [0, 0.1) is 0 Å². The number of carboxylic acid groups (broad SMARTS) is 4. The van der Waals surface area contributed by atoms with Gasteiger partial charge in [0.1, 0.15) is 0 Å². The summed E-state index contributed by atoms with van der Waals surface area (Å²) in [6.45, 7) is 0. The lowest BCUT2D eigenvalue weighted by Crippen LogP contribution is -2.06. The first-order valence-electron chi connectivity index (χ1n) is 9.35. The van der Waals surface area contributed by atoms with Crippen LogP contribution in [0.5, 0.6) is 0 Å². The lowest BCUT2D eigenvalue weighted by molar-refractivity contribution is 0.0684. The van der Waals surface area contributed by atoms with Gasteiger partial charge in [-0.3, -0.25) is 0 Å². The van der Waals surface area contributed by atoms with E-state index in [-0.39, 0.29) is 33.0 Å². The Hall–Kier alpha value is -4.72. The maximum Gasteiger partial charge on any atom is 0.336 e. The fourth-order valence-electron chi connectivity index (χ4n) is 4.60. The molecule has 0 amide bonds. The third-order valence-corrected chi connectivity index (χ3v) is 5.82. The minimum absolute atomic E-state index is 0.00838. The second-order valence-corrected chi connectivity index (χ2v) is 7.36. The molecule has 5 aromatic rings. The average molecular weight is 428 g/mol. The van der Waals surface area contributed by atoms with Crippen LogP contribution in [0.4, 0.5) is 0 Å². The number of aromatic carboxylic acids is 4. The third kappa shape index (κ3) is 2.37. The molecule has 32 heavy (non-hydrogen) atoms. The molecule has 0 heterocycles. The zero-order chi connectivity index (χ0) is 22.9. The fraction of sp³-hybridized carbons (Fsp3) is 0. The van der Waals surface area contributed by atoms with Crippen molar-refractivity contribution in [3.05, 3.63) is 70.8 Å². The zero-order valence-corrected chi connectivity index (χ0v) is 16.0. The lowest BCUT2D eigenvalue weighted by Gasteiger charge is -2.18. The van der Waals surface area contributed by atoms with Crippen molar-refractivity contribution >= 4 is 67.0 Å². The summed E-state index contributed by atoms with van der Waals surface area (Å²) in [5, 5.41) is 41.4. The van der Waals surface area contributed by atoms with E-state index in [2.05, 4.69) is 0 Å². The number of carboxylic acids is 4. The summed E-state index contributed by atoms with van der Waals surface area (Å²) in [5.41, 5.74) is -0.557. The number of carbonyl (C=O) groups is 4. The molecule has 0 aliphatic carbocycles. The van der Waals surface area contributed by atoms with Gasteiger partial charge in [0.2, 0.25) is 0 Å². The predicted octanol–water partition coefficient (Wildman–Crippen LogP) is 4.53. The van der Waals surface area contributed by atoms with E-state index in [0.717, 1.165) is 0 Å². The number of rotatable bonds is 4. The van der Waals surface area contributed by atoms with Gasteiger partial charge in [0, 0.05) is 10.8 Å². The van der Waals surface area contributed by atoms with Crippen LogP contribution in [0.1, 0.15) is 41.4 Å². The minimum Gasteiger partial charge on any atom is -0.478 e. The van der Waals surface area contributed by atoms with Crippen LogP contribution in [0.25, 0.3) is 43.1 Å². The Labute approximate surface area is 177 Å². The molecule has 0 bridgehead atoms. The summed E-state index contributed by atoms with van der Waals surface area (Å²) >= 11 is 0. The van der Waals surface area contributed by atoms with E-state index in [0.29, 0.717) is 32.3 Å². The predicted molar refractivity (Wildman–Crippen MR) is 115 cm³/mol. The van der Waals surface area contributed by atoms with Gasteiger partial charge in [-0.25, -0.2) is 19.2 Å². The van der Waals surface area contributed by atoms with Gasteiger partial charge in [0.05, 0.1) is 22.3 Å². The molecule has 0 radical (unpaired) electrons. The summed E-state index contributed by atoms with van der Waals surface area (Å²) in [7, 11) is 0. The van der Waals surface area contributed by atoms with Crippen molar-refractivity contribution in [1.29, 1.82) is 0 Å². The smallest absolute Gasteiger partial charge is 0.336 e. The minimum atomic E-state index is -1.32. The molecule has 5 rings (SSSR count). The molecule has 8 nitrogen and oxygen atoms in total. The Morgan fingerprint density at radius 1 is 0.375 bits per heavy atom. The molecule has 0 saturated carbocycles.